The molecular weight excluding hydrogens is 735 g/mol. The van der Waals surface area contributed by atoms with Crippen LogP contribution in [0, 0.1) is 29.6 Å². The van der Waals surface area contributed by atoms with E-state index < -0.39 is 65.2 Å². The van der Waals surface area contributed by atoms with Gasteiger partial charge in [0.05, 0.1) is 19.2 Å². The number of nitrogens with two attached hydrogens (primary N) is 1. The number of likely N-dealkylation sites (N-methyl/N-ethyl adjacent to an activating group) is 1. The molecule has 57 heavy (non-hydrogen) atoms. The molecule has 4 rings (SSSR count). The van der Waals surface area contributed by atoms with Crippen LogP contribution in [0.3, 0.4) is 0 Å². The SMILES string of the molecule is CC.CCC(C)CC(NC(=O)C1[C@H]2CC(C)C[C@H]2CN1C(=O)C(N)C1CCCCC1)C(=O)C(=O)N(F)CC(=O)NC(C(=O)N(C)C)c1ccccc1.COC(C)=O. The van der Waals surface area contributed by atoms with Crippen molar-refractivity contribution in [2.75, 3.05) is 34.3 Å². The maximum Gasteiger partial charge on any atom is 0.320 e. The van der Waals surface area contributed by atoms with Crippen LogP contribution in [0.4, 0.5) is 4.48 Å². The minimum atomic E-state index is -1.59. The van der Waals surface area contributed by atoms with Crippen LogP contribution >= 0.6 is 0 Å². The number of amides is 5. The molecule has 0 aromatic heterocycles. The average molecular weight is 803 g/mol. The Morgan fingerprint density at radius 1 is 0.982 bits per heavy atom. The second-order valence-electron chi connectivity index (χ2n) is 15.7. The van der Waals surface area contributed by atoms with E-state index in [0.29, 0.717) is 24.4 Å². The van der Waals surface area contributed by atoms with Crippen molar-refractivity contribution < 1.29 is 42.8 Å². The first-order valence-corrected chi connectivity index (χ1v) is 20.5. The zero-order valence-corrected chi connectivity index (χ0v) is 35.4. The number of nitrogens with zero attached hydrogens (tertiary/aromatic N) is 3. The Hall–Kier alpha value is -4.40. The molecule has 0 bridgehead atoms. The molecule has 3 fully saturated rings. The van der Waals surface area contributed by atoms with Gasteiger partial charge < -0.3 is 30.9 Å². The standard InChI is InChI=1S/C37H55FN6O6.C3H6O2.C2H6/c1-6-22(2)19-28(33(46)37(50)44(38)21-29(45)41-31(36(49)42(4)5)25-15-11-8-12-16-25)40-34(47)32-27-18-23(3)17-26(27)20-43(32)35(48)30(39)24-13-9-7-10-14-24;1-3(4)5-2;1-2/h8,11-12,15-16,22-24,26-28,30-32H,6-7,9-10,13-14,17-21,39H2,1-5H3,(H,40,47)(H,41,45);1-2H3;1-2H3/t22?,23?,26-,27-,28?,30?,31?,32?;;/m0../s1. The van der Waals surface area contributed by atoms with E-state index in [-0.39, 0.29) is 42.0 Å². The van der Waals surface area contributed by atoms with Gasteiger partial charge in [0.15, 0.2) is 0 Å². The van der Waals surface area contributed by atoms with E-state index in [1.807, 2.05) is 27.7 Å². The van der Waals surface area contributed by atoms with Crippen molar-refractivity contribution in [1.82, 2.24) is 25.6 Å². The van der Waals surface area contributed by atoms with Gasteiger partial charge in [-0.1, -0.05) is 95.1 Å². The number of hydrogen-bond donors (Lipinski definition) is 3. The highest BCUT2D eigenvalue weighted by Gasteiger charge is 2.52. The van der Waals surface area contributed by atoms with Crippen molar-refractivity contribution >= 4 is 41.3 Å². The van der Waals surface area contributed by atoms with Gasteiger partial charge in [-0.2, -0.15) is 5.12 Å². The number of likely N-dealkylation sites (tertiary alicyclic amines) is 1. The Bertz CT molecular complexity index is 1510. The molecular formula is C42H67FN6O8. The first-order valence-electron chi connectivity index (χ1n) is 20.5. The molecule has 8 atom stereocenters. The highest BCUT2D eigenvalue weighted by molar-refractivity contribution is 6.38. The number of fused-ring (bicyclic) bond motifs is 1. The molecule has 2 saturated carbocycles. The van der Waals surface area contributed by atoms with Crippen LogP contribution in [0.5, 0.6) is 0 Å². The minimum Gasteiger partial charge on any atom is -0.469 e. The Morgan fingerprint density at radius 2 is 1.58 bits per heavy atom. The summed E-state index contributed by atoms with van der Waals surface area (Å²) >= 11 is 0. The van der Waals surface area contributed by atoms with Gasteiger partial charge >= 0.3 is 11.9 Å². The predicted octanol–water partition coefficient (Wildman–Crippen LogP) is 4.12. The minimum absolute atomic E-state index is 0.0494. The normalized spacial score (nSPS) is 22.1. The Labute approximate surface area is 338 Å². The van der Waals surface area contributed by atoms with Crippen LogP contribution in [0.2, 0.25) is 0 Å². The highest BCUT2D eigenvalue weighted by atomic mass is 19.2. The number of rotatable bonds is 14. The second kappa shape index (κ2) is 23.7. The number of nitrogens with one attached hydrogen (secondary N) is 2. The number of carbonyl (C=O) groups excluding carboxylic acids is 7. The maximum atomic E-state index is 15.3. The summed E-state index contributed by atoms with van der Waals surface area (Å²) in [7, 11) is 4.38. The fourth-order valence-corrected chi connectivity index (χ4v) is 8.01. The predicted molar refractivity (Wildman–Crippen MR) is 214 cm³/mol. The van der Waals surface area contributed by atoms with Gasteiger partial charge in [0.1, 0.15) is 18.6 Å². The fraction of sp³-hybridized carbons (Fsp3) is 0.690. The number of benzene rings is 1. The third-order valence-corrected chi connectivity index (χ3v) is 11.2. The van der Waals surface area contributed by atoms with Gasteiger partial charge in [-0.25, -0.2) is 0 Å². The van der Waals surface area contributed by atoms with E-state index in [0.717, 1.165) is 44.9 Å². The Kier molecular flexibility index (Phi) is 20.3. The summed E-state index contributed by atoms with van der Waals surface area (Å²) in [5, 5.41) is 4.71. The van der Waals surface area contributed by atoms with Crippen molar-refractivity contribution in [2.45, 2.75) is 123 Å². The topological polar surface area (TPSA) is 189 Å². The molecule has 0 radical (unpaired) electrons. The zero-order valence-electron chi connectivity index (χ0n) is 35.4. The summed E-state index contributed by atoms with van der Waals surface area (Å²) in [6.07, 6.45) is 7.18. The molecule has 1 saturated heterocycles. The Morgan fingerprint density at radius 3 is 2.12 bits per heavy atom. The molecule has 4 N–H and O–H groups in total. The third kappa shape index (κ3) is 13.9. The molecule has 15 heteroatoms. The fourth-order valence-electron chi connectivity index (χ4n) is 8.01. The van der Waals surface area contributed by atoms with Crippen molar-refractivity contribution in [3.63, 3.8) is 0 Å². The molecule has 1 heterocycles. The van der Waals surface area contributed by atoms with Gasteiger partial charge in [0.25, 0.3) is 0 Å². The van der Waals surface area contributed by atoms with E-state index in [2.05, 4.69) is 22.3 Å². The average Bonchev–Trinajstić information content (AvgIpc) is 3.75. The van der Waals surface area contributed by atoms with Crippen molar-refractivity contribution in [1.29, 1.82) is 0 Å². The summed E-state index contributed by atoms with van der Waals surface area (Å²) < 4.78 is 19.4. The molecule has 5 amide bonds. The summed E-state index contributed by atoms with van der Waals surface area (Å²) in [5.74, 6) is -5.01. The molecule has 3 aliphatic rings. The smallest absolute Gasteiger partial charge is 0.320 e. The van der Waals surface area contributed by atoms with Crippen molar-refractivity contribution in [3.8, 4) is 0 Å². The lowest BCUT2D eigenvalue weighted by molar-refractivity contribution is -0.159. The lowest BCUT2D eigenvalue weighted by atomic mass is 9.83. The first kappa shape index (κ1) is 48.7. The summed E-state index contributed by atoms with van der Waals surface area (Å²) in [6.45, 7) is 10.5. The van der Waals surface area contributed by atoms with E-state index >= 15 is 4.48 Å². The van der Waals surface area contributed by atoms with Crippen LogP contribution < -0.4 is 16.4 Å². The number of ketones is 1. The first-order chi connectivity index (χ1) is 27.0. The van der Waals surface area contributed by atoms with Crippen LogP contribution in [0.25, 0.3) is 0 Å². The Balaban J connectivity index is 0.00000148. The molecule has 320 valence electrons. The second-order valence-corrected chi connectivity index (χ2v) is 15.7. The molecule has 1 aromatic rings. The van der Waals surface area contributed by atoms with Crippen LogP contribution in [0.15, 0.2) is 30.3 Å². The number of carbonyl (C=O) groups is 7. The molecule has 14 nitrogen and oxygen atoms in total. The number of halogens is 1. The number of methoxy groups -OCH3 is 1. The lowest BCUT2D eigenvalue weighted by Crippen LogP contribution is -2.58. The molecule has 0 spiro atoms. The number of ether oxygens (including phenoxy) is 1. The zero-order chi connectivity index (χ0) is 43.0. The number of esters is 1. The molecule has 1 aromatic carbocycles. The molecule has 1 aliphatic heterocycles. The van der Waals surface area contributed by atoms with Crippen molar-refractivity contribution in [3.05, 3.63) is 35.9 Å². The van der Waals surface area contributed by atoms with Crippen LogP contribution in [-0.4, -0.2) is 109 Å². The van der Waals surface area contributed by atoms with E-state index in [1.165, 1.54) is 33.0 Å². The quantitative estimate of drug-likeness (QED) is 0.141. The summed E-state index contributed by atoms with van der Waals surface area (Å²) in [5.41, 5.74) is 6.99. The highest BCUT2D eigenvalue weighted by Crippen LogP contribution is 2.45. The molecule has 6 unspecified atom stereocenters. The van der Waals surface area contributed by atoms with E-state index in [4.69, 9.17) is 5.73 Å². The van der Waals surface area contributed by atoms with E-state index in [1.54, 1.807) is 35.2 Å². The molecule has 2 aliphatic carbocycles. The van der Waals surface area contributed by atoms with Crippen LogP contribution in [-0.2, 0) is 38.3 Å². The van der Waals surface area contributed by atoms with Crippen molar-refractivity contribution in [2.24, 2.45) is 35.3 Å². The van der Waals surface area contributed by atoms with Gasteiger partial charge in [-0.3, -0.25) is 33.6 Å². The van der Waals surface area contributed by atoms with Gasteiger partial charge in [0.2, 0.25) is 29.4 Å². The lowest BCUT2D eigenvalue weighted by Gasteiger charge is -2.34. The maximum absolute atomic E-state index is 15.3. The largest absolute Gasteiger partial charge is 0.469 e. The summed E-state index contributed by atoms with van der Waals surface area (Å²) in [6, 6.07) is 4.29. The van der Waals surface area contributed by atoms with Gasteiger partial charge in [-0.15, -0.1) is 0 Å². The monoisotopic (exact) mass is 803 g/mol. The van der Waals surface area contributed by atoms with E-state index in [9.17, 15) is 33.6 Å². The van der Waals surface area contributed by atoms with Crippen LogP contribution in [0.1, 0.15) is 111 Å². The third-order valence-electron chi connectivity index (χ3n) is 11.2. The number of hydrogen-bond acceptors (Lipinski definition) is 9. The van der Waals surface area contributed by atoms with Gasteiger partial charge in [0, 0.05) is 27.6 Å². The number of Topliss-reactive ketones (excluding diaryl/α,β-unsaturated/α-hetero) is 1. The van der Waals surface area contributed by atoms with Gasteiger partial charge in [-0.05, 0) is 67.3 Å². The summed E-state index contributed by atoms with van der Waals surface area (Å²) in [4.78, 5) is 92.9.